The Morgan fingerprint density at radius 1 is 2.00 bits per heavy atom. The Hall–Kier alpha value is 0.250. The molecule has 1 atom stereocenters. The molecule has 0 unspecified atom stereocenters. The second-order valence-electron chi connectivity index (χ2n) is 0.808. The summed E-state index contributed by atoms with van der Waals surface area (Å²) in [7, 11) is 0. The third-order valence-corrected chi connectivity index (χ3v) is 0.534. The van der Waals surface area contributed by atoms with Gasteiger partial charge in [-0.15, -0.1) is 11.6 Å². The van der Waals surface area contributed by atoms with Crippen LogP contribution in [0.1, 0.15) is 0 Å². The zero-order valence-electron chi connectivity index (χ0n) is 2.82. The molecule has 5 heavy (non-hydrogen) atoms. The molecule has 0 amide bonds. The van der Waals surface area contributed by atoms with Gasteiger partial charge in [0.25, 0.3) is 0 Å². The van der Waals surface area contributed by atoms with Crippen LogP contribution in [0.4, 0.5) is 0 Å². The van der Waals surface area contributed by atoms with E-state index in [1.807, 2.05) is 0 Å². The first kappa shape index (κ1) is 5.25. The Kier molecular flexibility index (Phi) is 2.61. The highest BCUT2D eigenvalue weighted by atomic mass is 35.5. The fraction of sp³-hybridized carbons (Fsp3) is 0.667. The summed E-state index contributed by atoms with van der Waals surface area (Å²) in [6.45, 7) is 3.18. The number of aliphatic hydroxyl groups excluding tert-OH is 1. The van der Waals surface area contributed by atoms with Gasteiger partial charge in [-0.25, -0.2) is 0 Å². The lowest BCUT2D eigenvalue weighted by Gasteiger charge is -1.88. The van der Waals surface area contributed by atoms with Crippen molar-refractivity contribution < 1.29 is 5.11 Å². The Bertz CT molecular complexity index is 20.9. The van der Waals surface area contributed by atoms with Gasteiger partial charge in [-0.1, -0.05) is 0 Å². The molecule has 0 aliphatic heterocycles. The predicted molar refractivity (Wildman–Crippen MR) is 22.1 cm³/mol. The van der Waals surface area contributed by atoms with E-state index in [9.17, 15) is 0 Å². The predicted octanol–water partition coefficient (Wildman–Crippen LogP) is 0.420. The van der Waals surface area contributed by atoms with Crippen LogP contribution in [0.3, 0.4) is 0 Å². The van der Waals surface area contributed by atoms with E-state index in [4.69, 9.17) is 16.7 Å². The molecule has 0 aliphatic rings. The minimum absolute atomic E-state index is 0.222. The van der Waals surface area contributed by atoms with E-state index in [0.29, 0.717) is 0 Å². The minimum Gasteiger partial charge on any atom is -0.392 e. The van der Waals surface area contributed by atoms with Crippen LogP contribution in [-0.4, -0.2) is 17.1 Å². The van der Waals surface area contributed by atoms with Crippen molar-refractivity contribution in [2.75, 3.05) is 5.88 Å². The second-order valence-corrected chi connectivity index (χ2v) is 1.12. The van der Waals surface area contributed by atoms with Gasteiger partial charge in [0.2, 0.25) is 0 Å². The van der Waals surface area contributed by atoms with Gasteiger partial charge in [-0.2, -0.15) is 0 Å². The summed E-state index contributed by atoms with van der Waals surface area (Å²) in [5.74, 6) is 0.222. The molecule has 0 rings (SSSR count). The average molecular weight is 93.5 g/mol. The normalized spacial score (nSPS) is 15.0. The zero-order chi connectivity index (χ0) is 4.28. The van der Waals surface area contributed by atoms with E-state index in [1.54, 1.807) is 0 Å². The molecule has 0 aromatic rings. The second kappa shape index (κ2) is 2.49. The van der Waals surface area contributed by atoms with Crippen molar-refractivity contribution in [1.82, 2.24) is 0 Å². The smallest absolute Gasteiger partial charge is 0.0676 e. The van der Waals surface area contributed by atoms with Crippen LogP contribution in [0.25, 0.3) is 0 Å². The van der Waals surface area contributed by atoms with Crippen molar-refractivity contribution in [1.29, 1.82) is 0 Å². The molecule has 2 heteroatoms. The van der Waals surface area contributed by atoms with Crippen molar-refractivity contribution in [3.8, 4) is 0 Å². The van der Waals surface area contributed by atoms with Crippen molar-refractivity contribution in [3.05, 3.63) is 6.92 Å². The van der Waals surface area contributed by atoms with E-state index >= 15 is 0 Å². The maximum absolute atomic E-state index is 8.12. The summed E-state index contributed by atoms with van der Waals surface area (Å²) in [4.78, 5) is 0. The maximum Gasteiger partial charge on any atom is 0.0676 e. The minimum atomic E-state index is -0.600. The van der Waals surface area contributed by atoms with Crippen LogP contribution >= 0.6 is 11.6 Å². The summed E-state index contributed by atoms with van der Waals surface area (Å²) in [6.07, 6.45) is -0.600. The van der Waals surface area contributed by atoms with E-state index in [0.717, 1.165) is 0 Å². The summed E-state index contributed by atoms with van der Waals surface area (Å²) in [6, 6.07) is 0. The fourth-order valence-electron chi connectivity index (χ4n) is 0. The van der Waals surface area contributed by atoms with Crippen LogP contribution in [0.5, 0.6) is 0 Å². The number of rotatable bonds is 1. The monoisotopic (exact) mass is 93.0 g/mol. The van der Waals surface area contributed by atoms with Gasteiger partial charge in [0.15, 0.2) is 0 Å². The van der Waals surface area contributed by atoms with Crippen LogP contribution in [0.2, 0.25) is 0 Å². The standard InChI is InChI=1S/C3H6ClO/c1-3(5)2-4/h3,5H,1-2H2/t3-/m0/s1. The Labute approximate surface area is 36.6 Å². The topological polar surface area (TPSA) is 20.2 Å². The molecular weight excluding hydrogens is 87.5 g/mol. The maximum atomic E-state index is 8.12. The van der Waals surface area contributed by atoms with Crippen LogP contribution in [0, 0.1) is 6.92 Å². The van der Waals surface area contributed by atoms with Gasteiger partial charge in [0.1, 0.15) is 0 Å². The lowest BCUT2D eigenvalue weighted by atomic mass is 10.5. The van der Waals surface area contributed by atoms with Crippen LogP contribution in [-0.2, 0) is 0 Å². The van der Waals surface area contributed by atoms with Crippen molar-refractivity contribution in [3.63, 3.8) is 0 Å². The average Bonchev–Trinajstić information content (AvgIpc) is 1.38. The van der Waals surface area contributed by atoms with Crippen molar-refractivity contribution in [2.24, 2.45) is 0 Å². The number of aliphatic hydroxyl groups is 1. The largest absolute Gasteiger partial charge is 0.392 e. The summed E-state index contributed by atoms with van der Waals surface area (Å²) in [5.41, 5.74) is 0. The number of hydrogen-bond acceptors (Lipinski definition) is 1. The molecule has 0 bridgehead atoms. The molecular formula is C3H6ClO. The van der Waals surface area contributed by atoms with Gasteiger partial charge < -0.3 is 5.11 Å². The summed E-state index contributed by atoms with van der Waals surface area (Å²) >= 11 is 5.02. The SMILES string of the molecule is [CH2][C@H](O)CCl. The van der Waals surface area contributed by atoms with Gasteiger partial charge >= 0.3 is 0 Å². The molecule has 0 spiro atoms. The molecule has 0 fully saturated rings. The van der Waals surface area contributed by atoms with Gasteiger partial charge in [0.05, 0.1) is 6.10 Å². The molecule has 0 saturated carbocycles. The lowest BCUT2D eigenvalue weighted by molar-refractivity contribution is 0.245. The number of alkyl halides is 1. The van der Waals surface area contributed by atoms with E-state index in [1.165, 1.54) is 0 Å². The van der Waals surface area contributed by atoms with E-state index < -0.39 is 6.10 Å². The highest BCUT2D eigenvalue weighted by Gasteiger charge is 1.84. The third kappa shape index (κ3) is 4.25. The molecule has 0 aromatic carbocycles. The fourth-order valence-corrected chi connectivity index (χ4v) is 0. The number of hydrogen-bond donors (Lipinski definition) is 1. The van der Waals surface area contributed by atoms with Crippen LogP contribution in [0.15, 0.2) is 0 Å². The molecule has 1 N–H and O–H groups in total. The Morgan fingerprint density at radius 3 is 2.20 bits per heavy atom. The summed E-state index contributed by atoms with van der Waals surface area (Å²) in [5, 5.41) is 8.12. The highest BCUT2D eigenvalue weighted by molar-refractivity contribution is 6.18. The highest BCUT2D eigenvalue weighted by Crippen LogP contribution is 1.79. The molecule has 0 aromatic heterocycles. The molecule has 31 valence electrons. The van der Waals surface area contributed by atoms with Gasteiger partial charge in [0, 0.05) is 5.88 Å². The van der Waals surface area contributed by atoms with Gasteiger partial charge in [-0.3, -0.25) is 0 Å². The van der Waals surface area contributed by atoms with E-state index in [-0.39, 0.29) is 5.88 Å². The first-order chi connectivity index (χ1) is 2.27. The van der Waals surface area contributed by atoms with Crippen LogP contribution < -0.4 is 0 Å². The third-order valence-electron chi connectivity index (χ3n) is 0.178. The molecule has 0 aliphatic carbocycles. The molecule has 1 radical (unpaired) electrons. The Balaban J connectivity index is 2.54. The van der Waals surface area contributed by atoms with E-state index in [2.05, 4.69) is 6.92 Å². The van der Waals surface area contributed by atoms with Gasteiger partial charge in [-0.05, 0) is 6.92 Å². The van der Waals surface area contributed by atoms with Crippen molar-refractivity contribution in [2.45, 2.75) is 6.10 Å². The first-order valence-corrected chi connectivity index (χ1v) is 1.88. The summed E-state index contributed by atoms with van der Waals surface area (Å²) < 4.78 is 0. The first-order valence-electron chi connectivity index (χ1n) is 1.34. The lowest BCUT2D eigenvalue weighted by Crippen LogP contribution is -1.99. The zero-order valence-corrected chi connectivity index (χ0v) is 3.57. The Morgan fingerprint density at radius 2 is 2.20 bits per heavy atom. The quantitative estimate of drug-likeness (QED) is 0.466. The molecule has 0 saturated heterocycles. The molecule has 1 nitrogen and oxygen atoms in total. The van der Waals surface area contributed by atoms with Crippen molar-refractivity contribution >= 4 is 11.6 Å². The number of halogens is 1. The molecule has 0 heterocycles.